The standard InChI is InChI=1S/C12H19N3O3/c1-10-9-13-12(8-11(10)15(17)18)14(2)6-4-3-5-7-16/h8-9,16H,3-7H2,1-2H3. The minimum absolute atomic E-state index is 0.0993. The van der Waals surface area contributed by atoms with Crippen molar-refractivity contribution in [2.75, 3.05) is 25.1 Å². The molecule has 0 radical (unpaired) electrons. The highest BCUT2D eigenvalue weighted by molar-refractivity contribution is 5.50. The van der Waals surface area contributed by atoms with Crippen LogP contribution in [0.5, 0.6) is 0 Å². The Morgan fingerprint density at radius 3 is 2.78 bits per heavy atom. The molecule has 1 rings (SSSR count). The summed E-state index contributed by atoms with van der Waals surface area (Å²) in [6, 6.07) is 1.50. The molecule has 1 aromatic heterocycles. The van der Waals surface area contributed by atoms with E-state index in [0.29, 0.717) is 11.4 Å². The minimum Gasteiger partial charge on any atom is -0.396 e. The van der Waals surface area contributed by atoms with Crippen LogP contribution in [-0.2, 0) is 0 Å². The van der Waals surface area contributed by atoms with Crippen molar-refractivity contribution in [2.45, 2.75) is 26.2 Å². The third-order valence-electron chi connectivity index (χ3n) is 2.80. The largest absolute Gasteiger partial charge is 0.396 e. The molecule has 0 unspecified atom stereocenters. The number of aliphatic hydroxyl groups is 1. The number of aryl methyl sites for hydroxylation is 1. The third kappa shape index (κ3) is 3.96. The Kier molecular flexibility index (Phi) is 5.51. The molecule has 1 aromatic rings. The zero-order valence-electron chi connectivity index (χ0n) is 10.8. The molecule has 6 heteroatoms. The highest BCUT2D eigenvalue weighted by Gasteiger charge is 2.13. The van der Waals surface area contributed by atoms with Crippen molar-refractivity contribution < 1.29 is 10.0 Å². The number of unbranched alkanes of at least 4 members (excludes halogenated alkanes) is 2. The van der Waals surface area contributed by atoms with Crippen LogP contribution in [0.1, 0.15) is 24.8 Å². The van der Waals surface area contributed by atoms with Gasteiger partial charge in [-0.3, -0.25) is 10.1 Å². The summed E-state index contributed by atoms with van der Waals surface area (Å²) in [6.45, 7) is 2.65. The lowest BCUT2D eigenvalue weighted by Gasteiger charge is -2.17. The van der Waals surface area contributed by atoms with Crippen LogP contribution in [0, 0.1) is 17.0 Å². The summed E-state index contributed by atoms with van der Waals surface area (Å²) < 4.78 is 0. The number of hydrogen-bond donors (Lipinski definition) is 1. The van der Waals surface area contributed by atoms with Crippen LogP contribution in [0.4, 0.5) is 11.5 Å². The van der Waals surface area contributed by atoms with Crippen LogP contribution >= 0.6 is 0 Å². The first-order valence-electron chi connectivity index (χ1n) is 5.99. The highest BCUT2D eigenvalue weighted by Crippen LogP contribution is 2.21. The number of rotatable bonds is 7. The van der Waals surface area contributed by atoms with E-state index in [1.165, 1.54) is 12.3 Å². The molecule has 0 saturated heterocycles. The molecule has 1 heterocycles. The molecular weight excluding hydrogens is 234 g/mol. The van der Waals surface area contributed by atoms with E-state index in [2.05, 4.69) is 4.98 Å². The van der Waals surface area contributed by atoms with Crippen molar-refractivity contribution in [1.82, 2.24) is 4.98 Å². The number of hydrogen-bond acceptors (Lipinski definition) is 5. The molecule has 0 aliphatic heterocycles. The van der Waals surface area contributed by atoms with Crippen LogP contribution < -0.4 is 4.90 Å². The van der Waals surface area contributed by atoms with Crippen molar-refractivity contribution in [1.29, 1.82) is 0 Å². The summed E-state index contributed by atoms with van der Waals surface area (Å²) in [5.74, 6) is 0.608. The van der Waals surface area contributed by atoms with Crippen molar-refractivity contribution in [2.24, 2.45) is 0 Å². The zero-order chi connectivity index (χ0) is 13.5. The van der Waals surface area contributed by atoms with Crippen LogP contribution in [0.3, 0.4) is 0 Å². The summed E-state index contributed by atoms with van der Waals surface area (Å²) >= 11 is 0. The number of aromatic nitrogens is 1. The number of nitro groups is 1. The van der Waals surface area contributed by atoms with E-state index in [1.54, 1.807) is 6.92 Å². The summed E-state index contributed by atoms with van der Waals surface area (Å²) in [7, 11) is 1.86. The van der Waals surface area contributed by atoms with Gasteiger partial charge >= 0.3 is 0 Å². The van der Waals surface area contributed by atoms with Gasteiger partial charge in [0.25, 0.3) is 5.69 Å². The second-order valence-electron chi connectivity index (χ2n) is 4.29. The molecule has 0 spiro atoms. The maximum absolute atomic E-state index is 10.8. The summed E-state index contributed by atoms with van der Waals surface area (Å²) in [6.07, 6.45) is 4.18. The van der Waals surface area contributed by atoms with Gasteiger partial charge in [0.05, 0.1) is 11.0 Å². The average Bonchev–Trinajstić information content (AvgIpc) is 2.34. The average molecular weight is 253 g/mol. The first-order valence-corrected chi connectivity index (χ1v) is 5.99. The highest BCUT2D eigenvalue weighted by atomic mass is 16.6. The van der Waals surface area contributed by atoms with Gasteiger partial charge in [0.15, 0.2) is 0 Å². The molecule has 0 aromatic carbocycles. The Labute approximate surface area is 106 Å². The molecule has 18 heavy (non-hydrogen) atoms. The van der Waals surface area contributed by atoms with Gasteiger partial charge < -0.3 is 10.0 Å². The van der Waals surface area contributed by atoms with Gasteiger partial charge in [-0.1, -0.05) is 0 Å². The van der Waals surface area contributed by atoms with E-state index in [-0.39, 0.29) is 17.2 Å². The Morgan fingerprint density at radius 1 is 1.44 bits per heavy atom. The van der Waals surface area contributed by atoms with Crippen LogP contribution in [-0.4, -0.2) is 35.2 Å². The van der Waals surface area contributed by atoms with Gasteiger partial charge in [-0.15, -0.1) is 0 Å². The van der Waals surface area contributed by atoms with Crippen molar-refractivity contribution in [3.8, 4) is 0 Å². The lowest BCUT2D eigenvalue weighted by Crippen LogP contribution is -2.20. The van der Waals surface area contributed by atoms with E-state index >= 15 is 0 Å². The monoisotopic (exact) mass is 253 g/mol. The SMILES string of the molecule is Cc1cnc(N(C)CCCCCO)cc1[N+](=O)[O-]. The molecular formula is C12H19N3O3. The molecule has 0 bridgehead atoms. The van der Waals surface area contributed by atoms with Gasteiger partial charge in [-0.2, -0.15) is 0 Å². The molecule has 0 fully saturated rings. The zero-order valence-corrected chi connectivity index (χ0v) is 10.8. The van der Waals surface area contributed by atoms with Gasteiger partial charge in [-0.25, -0.2) is 4.98 Å². The molecule has 0 amide bonds. The quantitative estimate of drug-likeness (QED) is 0.456. The van der Waals surface area contributed by atoms with E-state index in [0.717, 1.165) is 25.8 Å². The molecule has 0 aliphatic carbocycles. The fraction of sp³-hybridized carbons (Fsp3) is 0.583. The second kappa shape index (κ2) is 6.90. The Balaban J connectivity index is 2.65. The summed E-state index contributed by atoms with van der Waals surface area (Å²) in [5, 5.41) is 19.5. The van der Waals surface area contributed by atoms with Crippen LogP contribution in [0.15, 0.2) is 12.3 Å². The fourth-order valence-electron chi connectivity index (χ4n) is 1.66. The lowest BCUT2D eigenvalue weighted by atomic mass is 10.2. The molecule has 0 atom stereocenters. The predicted molar refractivity (Wildman–Crippen MR) is 69.8 cm³/mol. The first-order chi connectivity index (χ1) is 8.56. The third-order valence-corrected chi connectivity index (χ3v) is 2.80. The topological polar surface area (TPSA) is 79.5 Å². The normalized spacial score (nSPS) is 10.4. The van der Waals surface area contributed by atoms with E-state index in [1.807, 2.05) is 11.9 Å². The van der Waals surface area contributed by atoms with Crippen LogP contribution in [0.2, 0.25) is 0 Å². The Bertz CT molecular complexity index is 410. The number of aliphatic hydroxyl groups excluding tert-OH is 1. The molecule has 100 valence electrons. The predicted octanol–water partition coefficient (Wildman–Crippen LogP) is 1.90. The van der Waals surface area contributed by atoms with E-state index in [4.69, 9.17) is 5.11 Å². The van der Waals surface area contributed by atoms with Crippen molar-refractivity contribution in [3.63, 3.8) is 0 Å². The van der Waals surface area contributed by atoms with E-state index < -0.39 is 0 Å². The number of anilines is 1. The number of pyridine rings is 1. The molecule has 0 saturated carbocycles. The van der Waals surface area contributed by atoms with Gasteiger partial charge in [0, 0.05) is 32.0 Å². The first kappa shape index (κ1) is 14.4. The smallest absolute Gasteiger partial charge is 0.277 e. The molecule has 6 nitrogen and oxygen atoms in total. The van der Waals surface area contributed by atoms with Crippen LogP contribution in [0.25, 0.3) is 0 Å². The molecule has 0 aliphatic rings. The minimum atomic E-state index is -0.389. The van der Waals surface area contributed by atoms with Gasteiger partial charge in [0.1, 0.15) is 5.82 Å². The van der Waals surface area contributed by atoms with Gasteiger partial charge in [-0.05, 0) is 26.2 Å². The Hall–Kier alpha value is -1.69. The Morgan fingerprint density at radius 2 is 2.17 bits per heavy atom. The lowest BCUT2D eigenvalue weighted by molar-refractivity contribution is -0.385. The number of nitrogens with zero attached hydrogens (tertiary/aromatic N) is 3. The maximum Gasteiger partial charge on any atom is 0.277 e. The second-order valence-corrected chi connectivity index (χ2v) is 4.29. The summed E-state index contributed by atoms with van der Waals surface area (Å²) in [4.78, 5) is 16.5. The van der Waals surface area contributed by atoms with E-state index in [9.17, 15) is 10.1 Å². The van der Waals surface area contributed by atoms with Crippen molar-refractivity contribution >= 4 is 11.5 Å². The maximum atomic E-state index is 10.8. The fourth-order valence-corrected chi connectivity index (χ4v) is 1.66. The summed E-state index contributed by atoms with van der Waals surface area (Å²) in [5.41, 5.74) is 0.666. The van der Waals surface area contributed by atoms with Gasteiger partial charge in [0.2, 0.25) is 0 Å². The molecule has 1 N–H and O–H groups in total. The van der Waals surface area contributed by atoms with Crippen molar-refractivity contribution in [3.05, 3.63) is 27.9 Å².